The lowest BCUT2D eigenvalue weighted by Gasteiger charge is -2.33. The van der Waals surface area contributed by atoms with Gasteiger partial charge < -0.3 is 10.2 Å². The Morgan fingerprint density at radius 2 is 1.29 bits per heavy atom. The van der Waals surface area contributed by atoms with Gasteiger partial charge in [-0.2, -0.15) is 4.31 Å². The summed E-state index contributed by atoms with van der Waals surface area (Å²) in [6.45, 7) is 0.0259. The van der Waals surface area contributed by atoms with E-state index in [4.69, 9.17) is 0 Å². The van der Waals surface area contributed by atoms with Crippen LogP contribution in [0.5, 0.6) is 0 Å². The molecule has 4 rings (SSSR count). The monoisotopic (exact) mass is 570 g/mol. The van der Waals surface area contributed by atoms with Crippen molar-refractivity contribution < 1.29 is 18.0 Å². The van der Waals surface area contributed by atoms with Crippen molar-refractivity contribution in [3.05, 3.63) is 138 Å². The van der Waals surface area contributed by atoms with Gasteiger partial charge in [0.15, 0.2) is 0 Å². The van der Waals surface area contributed by atoms with Crippen LogP contribution in [0.1, 0.15) is 22.3 Å². The Kier molecular flexibility index (Phi) is 10.4. The zero-order chi connectivity index (χ0) is 29.1. The molecule has 0 aliphatic heterocycles. The van der Waals surface area contributed by atoms with Crippen molar-refractivity contribution in [2.24, 2.45) is 0 Å². The molecule has 1 N–H and O–H groups in total. The summed E-state index contributed by atoms with van der Waals surface area (Å²) in [7, 11) is -3.74. The molecule has 0 saturated heterocycles. The van der Waals surface area contributed by atoms with E-state index in [0.717, 1.165) is 32.8 Å². The fraction of sp³-hybridized carbons (Fsp3) is 0.219. The van der Waals surface area contributed by atoms with Crippen LogP contribution in [0, 0.1) is 0 Å². The van der Waals surface area contributed by atoms with Crippen LogP contribution in [-0.2, 0) is 45.7 Å². The van der Waals surface area contributed by atoms with E-state index in [1.54, 1.807) is 18.5 Å². The number of nitrogens with one attached hydrogen (secondary N) is 1. The van der Waals surface area contributed by atoms with Gasteiger partial charge in [-0.05, 0) is 28.3 Å². The number of benzene rings is 3. The number of amides is 2. The molecule has 0 unspecified atom stereocenters. The molecule has 0 radical (unpaired) electrons. The second-order valence-corrected chi connectivity index (χ2v) is 11.8. The lowest BCUT2D eigenvalue weighted by atomic mass is 10.0. The van der Waals surface area contributed by atoms with Gasteiger partial charge in [0, 0.05) is 38.4 Å². The number of carbonyl (C=O) groups excluding carboxylic acids is 2. The summed E-state index contributed by atoms with van der Waals surface area (Å²) in [5, 5.41) is 2.96. The Labute approximate surface area is 241 Å². The van der Waals surface area contributed by atoms with Crippen LogP contribution in [0.3, 0.4) is 0 Å². The van der Waals surface area contributed by atoms with Crippen LogP contribution in [-0.4, -0.2) is 53.3 Å². The van der Waals surface area contributed by atoms with E-state index in [9.17, 15) is 18.0 Å². The van der Waals surface area contributed by atoms with Crippen molar-refractivity contribution in [1.29, 1.82) is 0 Å². The number of rotatable bonds is 13. The first-order chi connectivity index (χ1) is 19.8. The quantitative estimate of drug-likeness (QED) is 0.264. The minimum atomic E-state index is -3.74. The third-order valence-electron chi connectivity index (χ3n) is 6.64. The average Bonchev–Trinajstić information content (AvgIpc) is 2.99. The van der Waals surface area contributed by atoms with Crippen LogP contribution in [0.25, 0.3) is 0 Å². The summed E-state index contributed by atoms with van der Waals surface area (Å²) in [5.41, 5.74) is 3.29. The Hall–Kier alpha value is -4.34. The highest BCUT2D eigenvalue weighted by Gasteiger charge is 2.32. The molecule has 0 spiro atoms. The average molecular weight is 571 g/mol. The second-order valence-electron chi connectivity index (χ2n) is 9.81. The Balaban J connectivity index is 1.66. The molecule has 4 aromatic rings. The van der Waals surface area contributed by atoms with E-state index < -0.39 is 28.5 Å². The summed E-state index contributed by atoms with van der Waals surface area (Å²) in [5.74, 6) is -0.802. The fourth-order valence-electron chi connectivity index (χ4n) is 4.46. The second kappa shape index (κ2) is 14.3. The summed E-state index contributed by atoms with van der Waals surface area (Å²) >= 11 is 0. The number of nitrogens with zero attached hydrogens (tertiary/aromatic N) is 3. The molecule has 0 saturated carbocycles. The zero-order valence-electron chi connectivity index (χ0n) is 23.0. The van der Waals surface area contributed by atoms with Crippen molar-refractivity contribution in [3.8, 4) is 0 Å². The van der Waals surface area contributed by atoms with Gasteiger partial charge in [-0.25, -0.2) is 8.42 Å². The van der Waals surface area contributed by atoms with E-state index in [1.807, 2.05) is 97.1 Å². The lowest BCUT2D eigenvalue weighted by molar-refractivity contribution is -0.141. The maximum atomic E-state index is 14.0. The van der Waals surface area contributed by atoms with Crippen molar-refractivity contribution in [2.45, 2.75) is 32.1 Å². The van der Waals surface area contributed by atoms with Crippen molar-refractivity contribution in [1.82, 2.24) is 19.5 Å². The Morgan fingerprint density at radius 3 is 1.83 bits per heavy atom. The smallest absolute Gasteiger partial charge is 0.243 e. The van der Waals surface area contributed by atoms with Crippen LogP contribution >= 0.6 is 0 Å². The van der Waals surface area contributed by atoms with E-state index in [0.29, 0.717) is 0 Å². The van der Waals surface area contributed by atoms with E-state index in [2.05, 4.69) is 10.3 Å². The van der Waals surface area contributed by atoms with Crippen LogP contribution in [0.15, 0.2) is 116 Å². The molecule has 1 atom stereocenters. The Morgan fingerprint density at radius 1 is 0.756 bits per heavy atom. The first-order valence-corrected chi connectivity index (χ1v) is 15.2. The zero-order valence-corrected chi connectivity index (χ0v) is 23.8. The molecule has 8 nitrogen and oxygen atoms in total. The van der Waals surface area contributed by atoms with Crippen molar-refractivity contribution >= 4 is 21.8 Å². The number of aromatic nitrogens is 1. The molecule has 1 heterocycles. The number of sulfonamides is 1. The first kappa shape index (κ1) is 29.6. The van der Waals surface area contributed by atoms with Crippen LogP contribution in [0.4, 0.5) is 0 Å². The highest BCUT2D eigenvalue weighted by molar-refractivity contribution is 7.88. The largest absolute Gasteiger partial charge is 0.350 e. The lowest BCUT2D eigenvalue weighted by Crippen LogP contribution is -2.53. The number of hydrogen-bond donors (Lipinski definition) is 1. The standard InChI is InChI=1S/C32H34N4O4S/c1-41(39,40)35(23-27-14-7-3-8-15-27)25-31(37)36(24-28-16-9-4-10-17-28)30(20-26-12-5-2-6-13-26)32(38)34-22-29-18-11-19-33-21-29/h2-19,21,30H,20,22-25H2,1H3,(H,34,38)/t30-/m0/s1. The summed E-state index contributed by atoms with van der Waals surface area (Å²) in [6, 6.07) is 30.7. The van der Waals surface area contributed by atoms with Gasteiger partial charge in [0.2, 0.25) is 21.8 Å². The van der Waals surface area contributed by atoms with Crippen LogP contribution in [0.2, 0.25) is 0 Å². The molecule has 9 heteroatoms. The van der Waals surface area contributed by atoms with Gasteiger partial charge in [0.05, 0.1) is 12.8 Å². The van der Waals surface area contributed by atoms with E-state index in [-0.39, 0.29) is 32.0 Å². The molecule has 212 valence electrons. The SMILES string of the molecule is CS(=O)(=O)N(CC(=O)N(Cc1ccccc1)[C@@H](Cc1ccccc1)C(=O)NCc1cccnc1)Cc1ccccc1. The molecule has 0 fully saturated rings. The first-order valence-electron chi connectivity index (χ1n) is 13.3. The molecular weight excluding hydrogens is 536 g/mol. The molecule has 0 aliphatic rings. The highest BCUT2D eigenvalue weighted by Crippen LogP contribution is 2.17. The predicted octanol–water partition coefficient (Wildman–Crippen LogP) is 3.80. The van der Waals surface area contributed by atoms with Gasteiger partial charge in [0.1, 0.15) is 6.04 Å². The van der Waals surface area contributed by atoms with Gasteiger partial charge >= 0.3 is 0 Å². The van der Waals surface area contributed by atoms with E-state index >= 15 is 0 Å². The number of hydrogen-bond acceptors (Lipinski definition) is 5. The fourth-order valence-corrected chi connectivity index (χ4v) is 5.19. The molecular formula is C32H34N4O4S. The minimum Gasteiger partial charge on any atom is -0.350 e. The number of carbonyl (C=O) groups is 2. The molecule has 0 aliphatic carbocycles. The maximum Gasteiger partial charge on any atom is 0.243 e. The summed E-state index contributed by atoms with van der Waals surface area (Å²) in [4.78, 5) is 33.4. The molecule has 41 heavy (non-hydrogen) atoms. The number of pyridine rings is 1. The van der Waals surface area contributed by atoms with E-state index in [1.165, 1.54) is 4.90 Å². The molecule has 1 aromatic heterocycles. The van der Waals surface area contributed by atoms with Gasteiger partial charge in [-0.1, -0.05) is 97.1 Å². The summed E-state index contributed by atoms with van der Waals surface area (Å²) < 4.78 is 26.7. The Bertz CT molecular complexity index is 1500. The normalized spacial score (nSPS) is 12.0. The molecule has 0 bridgehead atoms. The predicted molar refractivity (Wildman–Crippen MR) is 159 cm³/mol. The topological polar surface area (TPSA) is 99.7 Å². The van der Waals surface area contributed by atoms with Crippen molar-refractivity contribution in [2.75, 3.05) is 12.8 Å². The van der Waals surface area contributed by atoms with Crippen LogP contribution < -0.4 is 5.32 Å². The summed E-state index contributed by atoms with van der Waals surface area (Å²) in [6.07, 6.45) is 4.68. The van der Waals surface area contributed by atoms with Gasteiger partial charge in [0.25, 0.3) is 0 Å². The molecule has 2 amide bonds. The maximum absolute atomic E-state index is 14.0. The molecule has 3 aromatic carbocycles. The van der Waals surface area contributed by atoms with Gasteiger partial charge in [-0.15, -0.1) is 0 Å². The van der Waals surface area contributed by atoms with Crippen molar-refractivity contribution in [3.63, 3.8) is 0 Å². The third kappa shape index (κ3) is 9.09. The third-order valence-corrected chi connectivity index (χ3v) is 7.83. The van der Waals surface area contributed by atoms with Gasteiger partial charge in [-0.3, -0.25) is 14.6 Å². The highest BCUT2D eigenvalue weighted by atomic mass is 32.2. The minimum absolute atomic E-state index is 0.0428.